The predicted octanol–water partition coefficient (Wildman–Crippen LogP) is 4.75. The topological polar surface area (TPSA) is 66.5 Å². The summed E-state index contributed by atoms with van der Waals surface area (Å²) in [6.07, 6.45) is 8.46. The number of hydrogen-bond acceptors (Lipinski definition) is 4. The largest absolute Gasteiger partial charge is 0.352 e. The molecule has 30 heavy (non-hydrogen) atoms. The maximum absolute atomic E-state index is 13.4. The minimum absolute atomic E-state index is 0.128. The number of carbonyl (C=O) groups is 1. The zero-order valence-electron chi connectivity index (χ0n) is 17.6. The van der Waals surface area contributed by atoms with E-state index in [9.17, 15) is 13.2 Å². The molecule has 1 aliphatic rings. The fourth-order valence-corrected chi connectivity index (χ4v) is 5.56. The molecule has 2 aromatic rings. The van der Waals surface area contributed by atoms with Crippen LogP contribution in [-0.4, -0.2) is 33.2 Å². The molecule has 0 aliphatic heterocycles. The Bertz CT molecular complexity index is 933. The summed E-state index contributed by atoms with van der Waals surface area (Å²) in [6.45, 7) is 1.72. The molecule has 0 radical (unpaired) electrons. The van der Waals surface area contributed by atoms with Crippen molar-refractivity contribution in [3.63, 3.8) is 0 Å². The Kier molecular flexibility index (Phi) is 7.83. The maximum Gasteiger partial charge on any atom is 0.264 e. The van der Waals surface area contributed by atoms with E-state index in [1.54, 1.807) is 48.2 Å². The average Bonchev–Trinajstić information content (AvgIpc) is 3.01. The van der Waals surface area contributed by atoms with Crippen molar-refractivity contribution in [2.24, 2.45) is 0 Å². The molecule has 162 valence electrons. The van der Waals surface area contributed by atoms with E-state index in [-0.39, 0.29) is 23.4 Å². The fourth-order valence-electron chi connectivity index (χ4n) is 3.73. The zero-order chi connectivity index (χ0) is 21.6. The van der Waals surface area contributed by atoms with Gasteiger partial charge in [0.15, 0.2) is 0 Å². The van der Waals surface area contributed by atoms with E-state index < -0.39 is 10.0 Å². The first-order chi connectivity index (χ1) is 14.4. The summed E-state index contributed by atoms with van der Waals surface area (Å²) < 4.78 is 28.1. The molecule has 1 fully saturated rings. The van der Waals surface area contributed by atoms with Gasteiger partial charge in [0.1, 0.15) is 6.54 Å². The normalized spacial score (nSPS) is 15.4. The number of carbonyl (C=O) groups excluding carboxylic acids is 1. The lowest BCUT2D eigenvalue weighted by atomic mass is 10.1. The van der Waals surface area contributed by atoms with Gasteiger partial charge in [-0.1, -0.05) is 43.4 Å². The van der Waals surface area contributed by atoms with Crippen molar-refractivity contribution in [3.8, 4) is 0 Å². The second-order valence-electron chi connectivity index (χ2n) is 7.78. The number of sulfonamides is 1. The highest BCUT2D eigenvalue weighted by molar-refractivity contribution is 7.98. The molecule has 0 bridgehead atoms. The van der Waals surface area contributed by atoms with E-state index in [0.717, 1.165) is 36.1 Å². The summed E-state index contributed by atoms with van der Waals surface area (Å²) in [5, 5.41) is 3.06. The van der Waals surface area contributed by atoms with Crippen molar-refractivity contribution in [1.82, 2.24) is 5.32 Å². The Morgan fingerprint density at radius 2 is 1.60 bits per heavy atom. The summed E-state index contributed by atoms with van der Waals surface area (Å²) in [5.41, 5.74) is 1.52. The molecule has 1 N–H and O–H groups in total. The lowest BCUT2D eigenvalue weighted by molar-refractivity contribution is -0.120. The molecule has 0 aromatic heterocycles. The van der Waals surface area contributed by atoms with Crippen LogP contribution in [0, 0.1) is 6.92 Å². The van der Waals surface area contributed by atoms with Gasteiger partial charge in [0.25, 0.3) is 10.0 Å². The Hall–Kier alpha value is -1.99. The monoisotopic (exact) mass is 446 g/mol. The van der Waals surface area contributed by atoms with Gasteiger partial charge in [0, 0.05) is 10.9 Å². The molecular weight excluding hydrogens is 416 g/mol. The number of nitrogens with one attached hydrogen (secondary N) is 1. The number of thioether (sulfide) groups is 1. The van der Waals surface area contributed by atoms with E-state index in [4.69, 9.17) is 0 Å². The van der Waals surface area contributed by atoms with E-state index in [1.807, 2.05) is 25.3 Å². The van der Waals surface area contributed by atoms with Crippen LogP contribution in [-0.2, 0) is 14.8 Å². The maximum atomic E-state index is 13.4. The highest BCUT2D eigenvalue weighted by Gasteiger charge is 2.28. The molecule has 0 saturated heterocycles. The van der Waals surface area contributed by atoms with Crippen molar-refractivity contribution >= 4 is 33.4 Å². The highest BCUT2D eigenvalue weighted by atomic mass is 32.2. The van der Waals surface area contributed by atoms with Crippen molar-refractivity contribution in [3.05, 3.63) is 54.1 Å². The zero-order valence-corrected chi connectivity index (χ0v) is 19.3. The van der Waals surface area contributed by atoms with Gasteiger partial charge < -0.3 is 5.32 Å². The number of aryl methyl sites for hydroxylation is 1. The summed E-state index contributed by atoms with van der Waals surface area (Å²) in [6, 6.07) is 14.1. The number of benzene rings is 2. The van der Waals surface area contributed by atoms with Crippen molar-refractivity contribution < 1.29 is 13.2 Å². The first-order valence-corrected chi connectivity index (χ1v) is 13.1. The Labute approximate surface area is 184 Å². The van der Waals surface area contributed by atoms with Crippen LogP contribution in [0.3, 0.4) is 0 Å². The van der Waals surface area contributed by atoms with Gasteiger partial charge in [-0.05, 0) is 62.4 Å². The summed E-state index contributed by atoms with van der Waals surface area (Å²) in [5.74, 6) is -0.258. The van der Waals surface area contributed by atoms with Gasteiger partial charge >= 0.3 is 0 Å². The smallest absolute Gasteiger partial charge is 0.264 e. The van der Waals surface area contributed by atoms with Gasteiger partial charge in [-0.15, -0.1) is 11.8 Å². The number of amides is 1. The van der Waals surface area contributed by atoms with Crippen molar-refractivity contribution in [2.45, 2.75) is 61.3 Å². The number of rotatable bonds is 7. The van der Waals surface area contributed by atoms with Crippen LogP contribution in [0.25, 0.3) is 0 Å². The van der Waals surface area contributed by atoms with Crippen LogP contribution in [0.2, 0.25) is 0 Å². The Morgan fingerprint density at radius 1 is 1.00 bits per heavy atom. The minimum Gasteiger partial charge on any atom is -0.352 e. The molecule has 1 saturated carbocycles. The Balaban J connectivity index is 1.85. The van der Waals surface area contributed by atoms with Gasteiger partial charge in [-0.25, -0.2) is 8.42 Å². The SMILES string of the molecule is CSc1ccc(S(=O)(=O)N(CC(=O)NC2CCCCCC2)c2ccc(C)cc2)cc1. The third-order valence-corrected chi connectivity index (χ3v) is 8.01. The first kappa shape index (κ1) is 22.7. The number of nitrogens with zero attached hydrogens (tertiary/aromatic N) is 1. The second-order valence-corrected chi connectivity index (χ2v) is 10.5. The molecular formula is C23H30N2O3S2. The van der Waals surface area contributed by atoms with E-state index >= 15 is 0 Å². The van der Waals surface area contributed by atoms with Gasteiger partial charge in [0.2, 0.25) is 5.91 Å². The number of hydrogen-bond donors (Lipinski definition) is 1. The lowest BCUT2D eigenvalue weighted by Crippen LogP contribution is -2.44. The van der Waals surface area contributed by atoms with Gasteiger partial charge in [-0.3, -0.25) is 9.10 Å². The van der Waals surface area contributed by atoms with Crippen LogP contribution >= 0.6 is 11.8 Å². The van der Waals surface area contributed by atoms with E-state index in [0.29, 0.717) is 5.69 Å². The molecule has 5 nitrogen and oxygen atoms in total. The van der Waals surface area contributed by atoms with Crippen LogP contribution in [0.4, 0.5) is 5.69 Å². The van der Waals surface area contributed by atoms with Crippen LogP contribution in [0.5, 0.6) is 0 Å². The molecule has 0 spiro atoms. The van der Waals surface area contributed by atoms with E-state index in [1.165, 1.54) is 17.1 Å². The van der Waals surface area contributed by atoms with Crippen molar-refractivity contribution in [2.75, 3.05) is 17.1 Å². The molecule has 0 heterocycles. The van der Waals surface area contributed by atoms with Crippen LogP contribution in [0.15, 0.2) is 58.3 Å². The molecule has 2 aromatic carbocycles. The van der Waals surface area contributed by atoms with Crippen molar-refractivity contribution in [1.29, 1.82) is 0 Å². The lowest BCUT2D eigenvalue weighted by Gasteiger charge is -2.25. The highest BCUT2D eigenvalue weighted by Crippen LogP contribution is 2.26. The quantitative estimate of drug-likeness (QED) is 0.492. The first-order valence-electron chi connectivity index (χ1n) is 10.4. The molecule has 1 amide bonds. The molecule has 0 unspecified atom stereocenters. The molecule has 0 atom stereocenters. The third-order valence-electron chi connectivity index (χ3n) is 5.48. The average molecular weight is 447 g/mol. The second kappa shape index (κ2) is 10.4. The van der Waals surface area contributed by atoms with E-state index in [2.05, 4.69) is 5.32 Å². The van der Waals surface area contributed by atoms with Crippen LogP contribution in [0.1, 0.15) is 44.1 Å². The Morgan fingerprint density at radius 3 is 2.17 bits per heavy atom. The summed E-state index contributed by atoms with van der Waals surface area (Å²) >= 11 is 1.55. The fraction of sp³-hybridized carbons (Fsp3) is 0.435. The van der Waals surface area contributed by atoms with Gasteiger partial charge in [-0.2, -0.15) is 0 Å². The predicted molar refractivity (Wildman–Crippen MR) is 124 cm³/mol. The third kappa shape index (κ3) is 5.79. The van der Waals surface area contributed by atoms with Crippen LogP contribution < -0.4 is 9.62 Å². The minimum atomic E-state index is -3.87. The summed E-state index contributed by atoms with van der Waals surface area (Å²) in [7, 11) is -3.87. The van der Waals surface area contributed by atoms with Gasteiger partial charge in [0.05, 0.1) is 10.6 Å². The summed E-state index contributed by atoms with van der Waals surface area (Å²) in [4.78, 5) is 14.0. The standard InChI is InChI=1S/C23H30N2O3S2/c1-18-9-11-20(12-10-18)25(17-23(26)24-19-7-5-3-4-6-8-19)30(27,28)22-15-13-21(29-2)14-16-22/h9-16,19H,3-8,17H2,1-2H3,(H,24,26). The molecule has 7 heteroatoms. The number of anilines is 1. The molecule has 1 aliphatic carbocycles. The molecule has 3 rings (SSSR count).